The van der Waals surface area contributed by atoms with Crippen molar-refractivity contribution in [1.29, 1.82) is 0 Å². The molecule has 0 atom stereocenters. The molecule has 2 aromatic carbocycles. The standard InChI is InChI=1S/C22H27ClN2O2/c1-2-27-21-10-6-4-7-18(21)15-24-22(26)17-11-13-25(14-12-17)16-19-8-3-5-9-20(19)23/h3-10,17H,2,11-16H2,1H3,(H,24,26). The number of nitrogens with one attached hydrogen (secondary N) is 1. The van der Waals surface area contributed by atoms with Gasteiger partial charge in [-0.3, -0.25) is 9.69 Å². The van der Waals surface area contributed by atoms with Crippen LogP contribution in [-0.2, 0) is 17.9 Å². The zero-order chi connectivity index (χ0) is 19.1. The number of carbonyl (C=O) groups is 1. The normalized spacial score (nSPS) is 15.5. The molecule has 1 fully saturated rings. The van der Waals surface area contributed by atoms with E-state index in [1.807, 2.05) is 49.4 Å². The number of nitrogens with zero attached hydrogens (tertiary/aromatic N) is 1. The van der Waals surface area contributed by atoms with Crippen LogP contribution >= 0.6 is 11.6 Å². The number of benzene rings is 2. The molecule has 0 bridgehead atoms. The summed E-state index contributed by atoms with van der Waals surface area (Å²) >= 11 is 6.26. The van der Waals surface area contributed by atoms with Crippen LogP contribution < -0.4 is 10.1 Å². The fraction of sp³-hybridized carbons (Fsp3) is 0.409. The molecule has 1 amide bonds. The van der Waals surface area contributed by atoms with E-state index in [0.717, 1.165) is 54.4 Å². The van der Waals surface area contributed by atoms with Crippen LogP contribution in [-0.4, -0.2) is 30.5 Å². The molecular weight excluding hydrogens is 360 g/mol. The van der Waals surface area contributed by atoms with Crippen LogP contribution in [0.4, 0.5) is 0 Å². The highest BCUT2D eigenvalue weighted by atomic mass is 35.5. The number of hydrogen-bond acceptors (Lipinski definition) is 3. The Hall–Kier alpha value is -2.04. The summed E-state index contributed by atoms with van der Waals surface area (Å²) < 4.78 is 5.63. The van der Waals surface area contributed by atoms with E-state index in [2.05, 4.69) is 16.3 Å². The number of carbonyl (C=O) groups excluding carboxylic acids is 1. The summed E-state index contributed by atoms with van der Waals surface area (Å²) in [7, 11) is 0. The van der Waals surface area contributed by atoms with Crippen LogP contribution in [0.25, 0.3) is 0 Å². The van der Waals surface area contributed by atoms with Gasteiger partial charge in [-0.15, -0.1) is 0 Å². The summed E-state index contributed by atoms with van der Waals surface area (Å²) in [6.07, 6.45) is 1.76. The minimum Gasteiger partial charge on any atom is -0.494 e. The van der Waals surface area contributed by atoms with Crippen molar-refractivity contribution in [2.45, 2.75) is 32.9 Å². The Kier molecular flexibility index (Phi) is 7.13. The van der Waals surface area contributed by atoms with Crippen LogP contribution in [0.2, 0.25) is 5.02 Å². The molecule has 0 aliphatic carbocycles. The predicted molar refractivity (Wildman–Crippen MR) is 109 cm³/mol. The van der Waals surface area contributed by atoms with E-state index in [0.29, 0.717) is 13.2 Å². The molecule has 0 spiro atoms. The number of ether oxygens (including phenoxy) is 1. The van der Waals surface area contributed by atoms with E-state index in [1.165, 1.54) is 0 Å². The maximum atomic E-state index is 12.6. The topological polar surface area (TPSA) is 41.6 Å². The Morgan fingerprint density at radius 3 is 2.48 bits per heavy atom. The third kappa shape index (κ3) is 5.47. The van der Waals surface area contributed by atoms with E-state index in [9.17, 15) is 4.79 Å². The van der Waals surface area contributed by atoms with Crippen molar-refractivity contribution in [3.05, 3.63) is 64.7 Å². The van der Waals surface area contributed by atoms with Gasteiger partial charge in [0.1, 0.15) is 5.75 Å². The molecule has 4 nitrogen and oxygen atoms in total. The number of rotatable bonds is 7. The number of likely N-dealkylation sites (tertiary alicyclic amines) is 1. The first kappa shape index (κ1) is 19.7. The van der Waals surface area contributed by atoms with Gasteiger partial charge < -0.3 is 10.1 Å². The SMILES string of the molecule is CCOc1ccccc1CNC(=O)C1CCN(Cc2ccccc2Cl)CC1. The van der Waals surface area contributed by atoms with Crippen LogP contribution in [0.3, 0.4) is 0 Å². The van der Waals surface area contributed by atoms with E-state index in [-0.39, 0.29) is 11.8 Å². The number of piperidine rings is 1. The Labute approximate surface area is 166 Å². The zero-order valence-corrected chi connectivity index (χ0v) is 16.5. The van der Waals surface area contributed by atoms with Gasteiger partial charge in [0.15, 0.2) is 0 Å². The van der Waals surface area contributed by atoms with Crippen LogP contribution in [0, 0.1) is 5.92 Å². The summed E-state index contributed by atoms with van der Waals surface area (Å²) in [6.45, 7) is 5.77. The average Bonchev–Trinajstić information content (AvgIpc) is 2.70. The van der Waals surface area contributed by atoms with Gasteiger partial charge in [0, 0.05) is 29.6 Å². The Morgan fingerprint density at radius 1 is 1.11 bits per heavy atom. The van der Waals surface area contributed by atoms with E-state index >= 15 is 0 Å². The third-order valence-corrected chi connectivity index (χ3v) is 5.40. The molecule has 1 heterocycles. The predicted octanol–water partition coefficient (Wildman–Crippen LogP) is 4.27. The molecule has 5 heteroatoms. The first-order valence-electron chi connectivity index (χ1n) is 9.61. The second kappa shape index (κ2) is 9.77. The van der Waals surface area contributed by atoms with E-state index in [1.54, 1.807) is 0 Å². The minimum atomic E-state index is 0.0757. The highest BCUT2D eigenvalue weighted by Crippen LogP contribution is 2.23. The third-order valence-electron chi connectivity index (χ3n) is 5.04. The highest BCUT2D eigenvalue weighted by Gasteiger charge is 2.25. The molecule has 0 unspecified atom stereocenters. The summed E-state index contributed by atoms with van der Waals surface area (Å²) in [5.74, 6) is 1.06. The lowest BCUT2D eigenvalue weighted by atomic mass is 9.95. The van der Waals surface area contributed by atoms with Gasteiger partial charge >= 0.3 is 0 Å². The van der Waals surface area contributed by atoms with Gasteiger partial charge in [-0.05, 0) is 50.6 Å². The largest absolute Gasteiger partial charge is 0.494 e. The Bertz CT molecular complexity index is 757. The number of halogens is 1. The fourth-order valence-corrected chi connectivity index (χ4v) is 3.69. The van der Waals surface area contributed by atoms with E-state index in [4.69, 9.17) is 16.3 Å². The molecule has 2 aromatic rings. The first-order chi connectivity index (χ1) is 13.2. The van der Waals surface area contributed by atoms with Crippen LogP contribution in [0.1, 0.15) is 30.9 Å². The molecule has 1 aliphatic rings. The van der Waals surface area contributed by atoms with Gasteiger partial charge in [0.05, 0.1) is 6.61 Å². The zero-order valence-electron chi connectivity index (χ0n) is 15.8. The second-order valence-electron chi connectivity index (χ2n) is 6.90. The van der Waals surface area contributed by atoms with Gasteiger partial charge in [0.25, 0.3) is 0 Å². The van der Waals surface area contributed by atoms with Crippen molar-refractivity contribution in [3.8, 4) is 5.75 Å². The molecule has 1 saturated heterocycles. The number of hydrogen-bond donors (Lipinski definition) is 1. The van der Waals surface area contributed by atoms with Crippen molar-refractivity contribution in [2.24, 2.45) is 5.92 Å². The van der Waals surface area contributed by atoms with Gasteiger partial charge in [-0.2, -0.15) is 0 Å². The fourth-order valence-electron chi connectivity index (χ4n) is 3.49. The number of amides is 1. The highest BCUT2D eigenvalue weighted by molar-refractivity contribution is 6.31. The molecule has 0 aromatic heterocycles. The summed E-state index contributed by atoms with van der Waals surface area (Å²) in [5.41, 5.74) is 2.17. The molecule has 27 heavy (non-hydrogen) atoms. The van der Waals surface area contributed by atoms with E-state index < -0.39 is 0 Å². The lowest BCUT2D eigenvalue weighted by Gasteiger charge is -2.31. The lowest BCUT2D eigenvalue weighted by molar-refractivity contribution is -0.126. The summed E-state index contributed by atoms with van der Waals surface area (Å²) in [6, 6.07) is 15.8. The van der Waals surface area contributed by atoms with Crippen LogP contribution in [0.5, 0.6) is 5.75 Å². The molecule has 3 rings (SSSR count). The first-order valence-corrected chi connectivity index (χ1v) is 9.99. The van der Waals surface area contributed by atoms with Gasteiger partial charge in [0.2, 0.25) is 5.91 Å². The van der Waals surface area contributed by atoms with Gasteiger partial charge in [-0.25, -0.2) is 0 Å². The maximum Gasteiger partial charge on any atom is 0.223 e. The van der Waals surface area contributed by atoms with Crippen LogP contribution in [0.15, 0.2) is 48.5 Å². The van der Waals surface area contributed by atoms with Crippen molar-refractivity contribution in [2.75, 3.05) is 19.7 Å². The monoisotopic (exact) mass is 386 g/mol. The Morgan fingerprint density at radius 2 is 1.78 bits per heavy atom. The smallest absolute Gasteiger partial charge is 0.223 e. The molecule has 1 N–H and O–H groups in total. The van der Waals surface area contributed by atoms with Crippen molar-refractivity contribution in [1.82, 2.24) is 10.2 Å². The summed E-state index contributed by atoms with van der Waals surface area (Å²) in [5, 5.41) is 3.89. The molecule has 144 valence electrons. The quantitative estimate of drug-likeness (QED) is 0.772. The molecule has 1 aliphatic heterocycles. The Balaban J connectivity index is 1.47. The minimum absolute atomic E-state index is 0.0757. The van der Waals surface area contributed by atoms with Crippen molar-refractivity contribution < 1.29 is 9.53 Å². The summed E-state index contributed by atoms with van der Waals surface area (Å²) in [4.78, 5) is 14.9. The molecular formula is C22H27ClN2O2. The van der Waals surface area contributed by atoms with Gasteiger partial charge in [-0.1, -0.05) is 48.0 Å². The number of para-hydroxylation sites is 1. The average molecular weight is 387 g/mol. The van der Waals surface area contributed by atoms with Crippen molar-refractivity contribution >= 4 is 17.5 Å². The maximum absolute atomic E-state index is 12.6. The second-order valence-corrected chi connectivity index (χ2v) is 7.31. The van der Waals surface area contributed by atoms with Crippen molar-refractivity contribution in [3.63, 3.8) is 0 Å². The lowest BCUT2D eigenvalue weighted by Crippen LogP contribution is -2.40. The molecule has 0 radical (unpaired) electrons. The molecule has 0 saturated carbocycles.